The van der Waals surface area contributed by atoms with Gasteiger partial charge in [-0.1, -0.05) is 30.3 Å². The zero-order valence-corrected chi connectivity index (χ0v) is 12.6. The maximum Gasteiger partial charge on any atom is 0.291 e. The van der Waals surface area contributed by atoms with Crippen LogP contribution >= 0.6 is 0 Å². The predicted molar refractivity (Wildman–Crippen MR) is 84.1 cm³/mol. The number of amidine groups is 2. The number of nitrogens with one attached hydrogen (secondary N) is 2. The molecule has 1 amide bonds. The molecule has 3 rings (SSSR count). The second-order valence-electron chi connectivity index (χ2n) is 5.62. The third-order valence-corrected chi connectivity index (χ3v) is 4.13. The second kappa shape index (κ2) is 6.27. The minimum absolute atomic E-state index is 0.0940. The number of rotatable bonds is 2. The first-order chi connectivity index (χ1) is 10.7. The van der Waals surface area contributed by atoms with Crippen LogP contribution in [0.4, 0.5) is 0 Å². The van der Waals surface area contributed by atoms with E-state index in [1.807, 2.05) is 18.2 Å². The van der Waals surface area contributed by atoms with Crippen LogP contribution in [0.25, 0.3) is 0 Å². The van der Waals surface area contributed by atoms with Gasteiger partial charge in [0.2, 0.25) is 5.84 Å². The number of carbonyl (C=O) groups excluding carboxylic acids is 1. The van der Waals surface area contributed by atoms with Crippen molar-refractivity contribution in [1.29, 1.82) is 5.41 Å². The third kappa shape index (κ3) is 3.01. The summed E-state index contributed by atoms with van der Waals surface area (Å²) >= 11 is 0. The lowest BCUT2D eigenvalue weighted by Crippen LogP contribution is -2.56. The van der Waals surface area contributed by atoms with Crippen molar-refractivity contribution in [2.24, 2.45) is 4.99 Å². The smallest absolute Gasteiger partial charge is 0.291 e. The summed E-state index contributed by atoms with van der Waals surface area (Å²) in [6.07, 6.45) is 1.78. The summed E-state index contributed by atoms with van der Waals surface area (Å²) in [6.45, 7) is 1.09. The Labute approximate surface area is 129 Å². The second-order valence-corrected chi connectivity index (χ2v) is 5.62. The molecule has 0 aliphatic carbocycles. The van der Waals surface area contributed by atoms with Crippen LogP contribution < -0.4 is 5.32 Å². The molecule has 1 atom stereocenters. The average molecular weight is 300 g/mol. The summed E-state index contributed by atoms with van der Waals surface area (Å²) in [5, 5.41) is 11.2. The highest BCUT2D eigenvalue weighted by Gasteiger charge is 2.33. The fourth-order valence-corrected chi connectivity index (χ4v) is 2.74. The number of likely N-dealkylation sites (tertiary alicyclic amines) is 1. The Morgan fingerprint density at radius 2 is 2.09 bits per heavy atom. The predicted octanol–water partition coefficient (Wildman–Crippen LogP) is 1.34. The van der Waals surface area contributed by atoms with Gasteiger partial charge in [-0.3, -0.25) is 10.2 Å². The molecule has 2 heterocycles. The van der Waals surface area contributed by atoms with Gasteiger partial charge in [0.05, 0.1) is 12.1 Å². The summed E-state index contributed by atoms with van der Waals surface area (Å²) in [4.78, 5) is 17.8. The summed E-state index contributed by atoms with van der Waals surface area (Å²) in [7, 11) is 1.63. The Morgan fingerprint density at radius 3 is 2.77 bits per heavy atom. The Balaban J connectivity index is 1.57. The van der Waals surface area contributed by atoms with E-state index in [1.165, 1.54) is 5.56 Å². The van der Waals surface area contributed by atoms with Crippen LogP contribution in [0.2, 0.25) is 0 Å². The average Bonchev–Trinajstić information content (AvgIpc) is 2.95. The number of methoxy groups -OCH3 is 1. The number of hydrogen-bond donors (Lipinski definition) is 2. The number of carbonyl (C=O) groups is 1. The van der Waals surface area contributed by atoms with Gasteiger partial charge in [0, 0.05) is 26.6 Å². The number of nitrogens with zero attached hydrogens (tertiary/aromatic N) is 2. The standard InChI is InChI=1S/C16H20N4O2/c1-22-12-9-20(10-12)16(21)15(17)19-14-8-7-13(18-14)11-5-3-2-4-6-11/h2-6,12-13H,7-10H2,1H3,(H2,17,18,19). The van der Waals surface area contributed by atoms with Gasteiger partial charge in [0.25, 0.3) is 5.91 Å². The fraction of sp³-hybridized carbons (Fsp3) is 0.438. The summed E-state index contributed by atoms with van der Waals surface area (Å²) < 4.78 is 5.13. The van der Waals surface area contributed by atoms with Crippen molar-refractivity contribution in [2.75, 3.05) is 20.2 Å². The lowest BCUT2D eigenvalue weighted by Gasteiger charge is -2.37. The molecule has 2 fully saturated rings. The van der Waals surface area contributed by atoms with Crippen molar-refractivity contribution in [2.45, 2.75) is 25.0 Å². The minimum Gasteiger partial charge on any atom is -0.378 e. The van der Waals surface area contributed by atoms with E-state index in [0.29, 0.717) is 13.1 Å². The van der Waals surface area contributed by atoms with E-state index in [0.717, 1.165) is 18.7 Å². The van der Waals surface area contributed by atoms with Gasteiger partial charge < -0.3 is 15.0 Å². The minimum atomic E-state index is -0.328. The van der Waals surface area contributed by atoms with Gasteiger partial charge in [-0.05, 0) is 12.0 Å². The molecule has 116 valence electrons. The largest absolute Gasteiger partial charge is 0.378 e. The summed E-state index contributed by atoms with van der Waals surface area (Å²) in [6, 6.07) is 10.4. The van der Waals surface area contributed by atoms with Crippen molar-refractivity contribution in [3.8, 4) is 0 Å². The Hall–Kier alpha value is -2.21. The van der Waals surface area contributed by atoms with Gasteiger partial charge >= 0.3 is 0 Å². The van der Waals surface area contributed by atoms with E-state index in [9.17, 15) is 4.79 Å². The quantitative estimate of drug-likeness (QED) is 0.639. The molecular weight excluding hydrogens is 280 g/mol. The van der Waals surface area contributed by atoms with Crippen molar-refractivity contribution in [1.82, 2.24) is 10.2 Å². The molecule has 6 heteroatoms. The lowest BCUT2D eigenvalue weighted by molar-refractivity contribution is -0.135. The van der Waals surface area contributed by atoms with Crippen LogP contribution in [0.1, 0.15) is 24.4 Å². The highest BCUT2D eigenvalue weighted by atomic mass is 16.5. The molecule has 2 aliphatic rings. The Morgan fingerprint density at radius 1 is 1.36 bits per heavy atom. The first-order valence-electron chi connectivity index (χ1n) is 7.47. The third-order valence-electron chi connectivity index (χ3n) is 4.13. The number of hydrogen-bond acceptors (Lipinski definition) is 3. The molecule has 1 unspecified atom stereocenters. The molecule has 0 spiro atoms. The molecule has 0 saturated carbocycles. The molecule has 1 aromatic carbocycles. The highest BCUT2D eigenvalue weighted by Crippen LogP contribution is 2.24. The molecule has 2 saturated heterocycles. The molecule has 0 aromatic heterocycles. The first kappa shape index (κ1) is 14.7. The number of amides is 1. The normalized spacial score (nSPS) is 23.2. The van der Waals surface area contributed by atoms with E-state index in [4.69, 9.17) is 10.1 Å². The molecule has 1 aromatic rings. The van der Waals surface area contributed by atoms with E-state index < -0.39 is 0 Å². The molecule has 0 radical (unpaired) electrons. The summed E-state index contributed by atoms with van der Waals surface area (Å²) in [5.41, 5.74) is 1.20. The van der Waals surface area contributed by atoms with Crippen molar-refractivity contribution in [3.63, 3.8) is 0 Å². The first-order valence-corrected chi connectivity index (χ1v) is 7.47. The van der Waals surface area contributed by atoms with Gasteiger partial charge in [-0.25, -0.2) is 4.99 Å². The monoisotopic (exact) mass is 300 g/mol. The topological polar surface area (TPSA) is 77.8 Å². The molecule has 2 N–H and O–H groups in total. The van der Waals surface area contributed by atoms with Crippen LogP contribution in [-0.4, -0.2) is 48.8 Å². The molecular formula is C16H20N4O2. The van der Waals surface area contributed by atoms with Crippen LogP contribution in [0.5, 0.6) is 0 Å². The van der Waals surface area contributed by atoms with E-state index in [2.05, 4.69) is 22.4 Å². The number of benzene rings is 1. The SMILES string of the molecule is COC1CN(C(=O)C(=N)/N=C2/CCC(c3ccccc3)N2)C1. The van der Waals surface area contributed by atoms with Gasteiger partial charge in [-0.15, -0.1) is 0 Å². The van der Waals surface area contributed by atoms with E-state index in [-0.39, 0.29) is 23.9 Å². The van der Waals surface area contributed by atoms with Crippen molar-refractivity contribution >= 4 is 17.6 Å². The maximum atomic E-state index is 12.0. The maximum absolute atomic E-state index is 12.0. The number of ether oxygens (including phenoxy) is 1. The zero-order valence-electron chi connectivity index (χ0n) is 12.6. The van der Waals surface area contributed by atoms with Crippen LogP contribution in [0.15, 0.2) is 35.3 Å². The zero-order chi connectivity index (χ0) is 15.5. The van der Waals surface area contributed by atoms with Crippen LogP contribution in [0, 0.1) is 5.41 Å². The van der Waals surface area contributed by atoms with E-state index in [1.54, 1.807) is 12.0 Å². The van der Waals surface area contributed by atoms with Crippen molar-refractivity contribution in [3.05, 3.63) is 35.9 Å². The van der Waals surface area contributed by atoms with Crippen LogP contribution in [0.3, 0.4) is 0 Å². The van der Waals surface area contributed by atoms with Crippen molar-refractivity contribution < 1.29 is 9.53 Å². The van der Waals surface area contributed by atoms with Gasteiger partial charge in [-0.2, -0.15) is 0 Å². The highest BCUT2D eigenvalue weighted by molar-refractivity contribution is 6.38. The lowest BCUT2D eigenvalue weighted by atomic mass is 10.1. The molecule has 22 heavy (non-hydrogen) atoms. The molecule has 0 bridgehead atoms. The number of aliphatic imine (C=N–C) groups is 1. The van der Waals surface area contributed by atoms with E-state index >= 15 is 0 Å². The Bertz CT molecular complexity index is 593. The Kier molecular flexibility index (Phi) is 4.20. The van der Waals surface area contributed by atoms with Gasteiger partial charge in [0.15, 0.2) is 0 Å². The fourth-order valence-electron chi connectivity index (χ4n) is 2.74. The summed E-state index contributed by atoms with van der Waals surface area (Å²) in [5.74, 6) is 0.188. The van der Waals surface area contributed by atoms with Crippen LogP contribution in [-0.2, 0) is 9.53 Å². The van der Waals surface area contributed by atoms with Gasteiger partial charge in [0.1, 0.15) is 5.84 Å². The molecule has 6 nitrogen and oxygen atoms in total. The molecule has 2 aliphatic heterocycles.